The largest absolute Gasteiger partial charge is 0.467 e. The minimum atomic E-state index is -1.56. The molecule has 3 nitrogen and oxygen atoms in total. The van der Waals surface area contributed by atoms with Crippen LogP contribution in [0.25, 0.3) is 0 Å². The molecule has 1 fully saturated rings. The maximum absolute atomic E-state index is 12.0. The molecule has 1 aliphatic rings. The number of rotatable bonds is 3. The molecule has 1 aromatic rings. The van der Waals surface area contributed by atoms with Crippen LogP contribution in [-0.2, 0) is 15.1 Å². The van der Waals surface area contributed by atoms with Gasteiger partial charge in [0.2, 0.25) is 5.60 Å². The van der Waals surface area contributed by atoms with E-state index in [4.69, 9.17) is 4.74 Å². The summed E-state index contributed by atoms with van der Waals surface area (Å²) < 4.78 is 4.60. The highest BCUT2D eigenvalue weighted by atomic mass is 32.2. The first-order chi connectivity index (χ1) is 8.69. The van der Waals surface area contributed by atoms with Gasteiger partial charge in [-0.1, -0.05) is 30.3 Å². The summed E-state index contributed by atoms with van der Waals surface area (Å²) in [6, 6.07) is 9.05. The standard InChI is InChI=1S/C13H16O3S2/c1-16-11(14)13(15,10-6-3-2-4-7-10)12-17-8-5-9-18-12/h2-4,6-7,12,15H,5,8-9H2,1H3. The van der Waals surface area contributed by atoms with E-state index in [0.717, 1.165) is 17.9 Å². The van der Waals surface area contributed by atoms with Gasteiger partial charge in [-0.3, -0.25) is 0 Å². The highest BCUT2D eigenvalue weighted by molar-refractivity contribution is 8.17. The summed E-state index contributed by atoms with van der Waals surface area (Å²) in [6.07, 6.45) is 1.11. The molecule has 18 heavy (non-hydrogen) atoms. The van der Waals surface area contributed by atoms with Crippen molar-refractivity contribution in [1.29, 1.82) is 0 Å². The van der Waals surface area contributed by atoms with Gasteiger partial charge in [0.25, 0.3) is 0 Å². The van der Waals surface area contributed by atoms with Crippen LogP contribution in [0.2, 0.25) is 0 Å². The molecule has 98 valence electrons. The summed E-state index contributed by atoms with van der Waals surface area (Å²) in [5.74, 6) is 1.34. The number of hydrogen-bond acceptors (Lipinski definition) is 5. The highest BCUT2D eigenvalue weighted by Crippen LogP contribution is 2.43. The molecule has 0 bridgehead atoms. The maximum atomic E-state index is 12.0. The van der Waals surface area contributed by atoms with Crippen molar-refractivity contribution in [3.63, 3.8) is 0 Å². The first-order valence-electron chi connectivity index (χ1n) is 5.79. The lowest BCUT2D eigenvalue weighted by atomic mass is 9.96. The van der Waals surface area contributed by atoms with Gasteiger partial charge < -0.3 is 9.84 Å². The van der Waals surface area contributed by atoms with Crippen LogP contribution in [0.1, 0.15) is 12.0 Å². The van der Waals surface area contributed by atoms with Gasteiger partial charge in [-0.2, -0.15) is 0 Å². The number of hydrogen-bond donors (Lipinski definition) is 1. The third-order valence-electron chi connectivity index (χ3n) is 2.88. The normalized spacial score (nSPS) is 20.1. The molecule has 0 amide bonds. The lowest BCUT2D eigenvalue weighted by Crippen LogP contribution is -2.45. The Morgan fingerprint density at radius 1 is 1.33 bits per heavy atom. The Morgan fingerprint density at radius 2 is 1.94 bits per heavy atom. The summed E-state index contributed by atoms with van der Waals surface area (Å²) in [7, 11) is 1.31. The predicted octanol–water partition coefficient (Wildman–Crippen LogP) is 2.24. The molecule has 1 heterocycles. The van der Waals surface area contributed by atoms with E-state index < -0.39 is 11.6 Å². The molecule has 1 aromatic carbocycles. The van der Waals surface area contributed by atoms with E-state index in [2.05, 4.69) is 0 Å². The summed E-state index contributed by atoms with van der Waals surface area (Å²) in [5.41, 5.74) is -0.963. The Balaban J connectivity index is 2.36. The Bertz CT molecular complexity index is 404. The molecule has 1 unspecified atom stereocenters. The van der Waals surface area contributed by atoms with E-state index in [1.165, 1.54) is 7.11 Å². The molecule has 5 heteroatoms. The fourth-order valence-electron chi connectivity index (χ4n) is 1.93. The second-order valence-electron chi connectivity index (χ2n) is 4.05. The van der Waals surface area contributed by atoms with Gasteiger partial charge in [-0.25, -0.2) is 4.79 Å². The SMILES string of the molecule is COC(=O)C(O)(c1ccccc1)C1SCCCS1. The van der Waals surface area contributed by atoms with Crippen LogP contribution in [-0.4, -0.2) is 34.3 Å². The first-order valence-corrected chi connectivity index (χ1v) is 7.89. The molecule has 0 radical (unpaired) electrons. The number of aliphatic hydroxyl groups is 1. The number of benzene rings is 1. The lowest BCUT2D eigenvalue weighted by Gasteiger charge is -2.35. The molecule has 0 spiro atoms. The third-order valence-corrected chi connectivity index (χ3v) is 6.03. The summed E-state index contributed by atoms with van der Waals surface area (Å²) in [4.78, 5) is 12.0. The van der Waals surface area contributed by atoms with Gasteiger partial charge in [0, 0.05) is 0 Å². The number of thioether (sulfide) groups is 2. The van der Waals surface area contributed by atoms with Crippen LogP contribution in [0, 0.1) is 0 Å². The Hall–Kier alpha value is -0.650. The van der Waals surface area contributed by atoms with Crippen molar-refractivity contribution in [3.8, 4) is 0 Å². The quantitative estimate of drug-likeness (QED) is 0.863. The average molecular weight is 284 g/mol. The molecule has 0 saturated carbocycles. The van der Waals surface area contributed by atoms with Crippen molar-refractivity contribution < 1.29 is 14.6 Å². The van der Waals surface area contributed by atoms with Crippen molar-refractivity contribution in [2.45, 2.75) is 16.6 Å². The van der Waals surface area contributed by atoms with Gasteiger partial charge >= 0.3 is 5.97 Å². The molecule has 1 N–H and O–H groups in total. The van der Waals surface area contributed by atoms with Crippen molar-refractivity contribution >= 4 is 29.5 Å². The molecule has 1 atom stereocenters. The highest BCUT2D eigenvalue weighted by Gasteiger charge is 2.48. The topological polar surface area (TPSA) is 46.5 Å². The van der Waals surface area contributed by atoms with Gasteiger partial charge in [0.15, 0.2) is 0 Å². The molecular weight excluding hydrogens is 268 g/mol. The van der Waals surface area contributed by atoms with Crippen LogP contribution < -0.4 is 0 Å². The Morgan fingerprint density at radius 3 is 2.50 bits per heavy atom. The van der Waals surface area contributed by atoms with E-state index in [9.17, 15) is 9.90 Å². The van der Waals surface area contributed by atoms with Crippen molar-refractivity contribution in [3.05, 3.63) is 35.9 Å². The van der Waals surface area contributed by atoms with Crippen LogP contribution in [0.15, 0.2) is 30.3 Å². The fourth-order valence-corrected chi connectivity index (χ4v) is 5.07. The maximum Gasteiger partial charge on any atom is 0.344 e. The van der Waals surface area contributed by atoms with Crippen LogP contribution in [0.5, 0.6) is 0 Å². The van der Waals surface area contributed by atoms with Crippen LogP contribution in [0.4, 0.5) is 0 Å². The van der Waals surface area contributed by atoms with E-state index in [1.807, 2.05) is 18.2 Å². The second kappa shape index (κ2) is 5.99. The van der Waals surface area contributed by atoms with Crippen molar-refractivity contribution in [2.24, 2.45) is 0 Å². The number of methoxy groups -OCH3 is 1. The minimum absolute atomic E-state index is 0.207. The van der Waals surface area contributed by atoms with Gasteiger partial charge in [0.05, 0.1) is 11.7 Å². The molecule has 0 aliphatic carbocycles. The smallest absolute Gasteiger partial charge is 0.344 e. The number of esters is 1. The zero-order valence-electron chi connectivity index (χ0n) is 10.2. The van der Waals surface area contributed by atoms with Gasteiger partial charge in [-0.15, -0.1) is 23.5 Å². The van der Waals surface area contributed by atoms with E-state index in [-0.39, 0.29) is 4.58 Å². The van der Waals surface area contributed by atoms with Gasteiger partial charge in [-0.05, 0) is 23.5 Å². The van der Waals surface area contributed by atoms with E-state index in [0.29, 0.717) is 5.56 Å². The van der Waals surface area contributed by atoms with Crippen molar-refractivity contribution in [1.82, 2.24) is 0 Å². The predicted molar refractivity (Wildman–Crippen MR) is 75.7 cm³/mol. The van der Waals surface area contributed by atoms with Crippen LogP contribution in [0.3, 0.4) is 0 Å². The Kier molecular flexibility index (Phi) is 4.59. The van der Waals surface area contributed by atoms with E-state index in [1.54, 1.807) is 35.7 Å². The molecule has 1 aliphatic heterocycles. The third kappa shape index (κ3) is 2.53. The zero-order chi connectivity index (χ0) is 13.0. The summed E-state index contributed by atoms with van der Waals surface area (Å²) in [6.45, 7) is 0. The number of carbonyl (C=O) groups excluding carboxylic acids is 1. The molecular formula is C13H16O3S2. The monoisotopic (exact) mass is 284 g/mol. The van der Waals surface area contributed by atoms with Crippen molar-refractivity contribution in [2.75, 3.05) is 18.6 Å². The summed E-state index contributed by atoms with van der Waals surface area (Å²) >= 11 is 3.24. The molecule has 0 aromatic heterocycles. The zero-order valence-corrected chi connectivity index (χ0v) is 11.8. The Labute approximate surface area is 115 Å². The minimum Gasteiger partial charge on any atom is -0.467 e. The first kappa shape index (κ1) is 13.8. The molecule has 2 rings (SSSR count). The molecule has 1 saturated heterocycles. The van der Waals surface area contributed by atoms with E-state index >= 15 is 0 Å². The number of carbonyl (C=O) groups is 1. The second-order valence-corrected chi connectivity index (χ2v) is 6.78. The fraction of sp³-hybridized carbons (Fsp3) is 0.462. The van der Waals surface area contributed by atoms with Gasteiger partial charge in [0.1, 0.15) is 0 Å². The van der Waals surface area contributed by atoms with Crippen LogP contribution >= 0.6 is 23.5 Å². The summed E-state index contributed by atoms with van der Waals surface area (Å²) in [5, 5.41) is 10.9. The number of ether oxygens (including phenoxy) is 1. The lowest BCUT2D eigenvalue weighted by molar-refractivity contribution is -0.161. The average Bonchev–Trinajstić information content (AvgIpc) is 2.47.